The molecular formula is C8H15NO2. The van der Waals surface area contributed by atoms with Gasteiger partial charge in [0.15, 0.2) is 0 Å². The number of nitrogens with zero attached hydrogens (tertiary/aromatic N) is 1. The van der Waals surface area contributed by atoms with Crippen molar-refractivity contribution >= 4 is 5.91 Å². The Balaban J connectivity index is 2.66. The molecule has 0 aromatic carbocycles. The lowest BCUT2D eigenvalue weighted by Crippen LogP contribution is -2.37. The zero-order valence-corrected chi connectivity index (χ0v) is 7.08. The van der Waals surface area contributed by atoms with Crippen molar-refractivity contribution in [3.05, 3.63) is 0 Å². The van der Waals surface area contributed by atoms with Crippen molar-refractivity contribution in [1.82, 2.24) is 4.90 Å². The van der Waals surface area contributed by atoms with E-state index >= 15 is 0 Å². The predicted molar refractivity (Wildman–Crippen MR) is 42.0 cm³/mol. The van der Waals surface area contributed by atoms with Crippen LogP contribution in [-0.2, 0) is 4.79 Å². The molecule has 1 amide bonds. The first-order valence-corrected chi connectivity index (χ1v) is 4.11. The summed E-state index contributed by atoms with van der Waals surface area (Å²) in [6.45, 7) is 4.77. The average Bonchev–Trinajstić information content (AvgIpc) is 2.24. The van der Waals surface area contributed by atoms with Crippen LogP contribution in [-0.4, -0.2) is 35.1 Å². The zero-order chi connectivity index (χ0) is 8.43. The van der Waals surface area contributed by atoms with Crippen LogP contribution in [0, 0.1) is 5.92 Å². The molecule has 64 valence electrons. The van der Waals surface area contributed by atoms with E-state index in [1.54, 1.807) is 4.90 Å². The highest BCUT2D eigenvalue weighted by atomic mass is 16.3. The highest BCUT2D eigenvalue weighted by Crippen LogP contribution is 2.23. The van der Waals surface area contributed by atoms with Crippen LogP contribution in [0.15, 0.2) is 0 Å². The Morgan fingerprint density at radius 3 is 2.73 bits per heavy atom. The number of aliphatic hydroxyl groups is 1. The molecule has 2 atom stereocenters. The first kappa shape index (κ1) is 8.53. The number of carbonyl (C=O) groups excluding carboxylic acids is 1. The SMILES string of the molecule is CCN1C(=O)CC(C)C1CO. The van der Waals surface area contributed by atoms with E-state index in [2.05, 4.69) is 0 Å². The Morgan fingerprint density at radius 1 is 1.73 bits per heavy atom. The summed E-state index contributed by atoms with van der Waals surface area (Å²) < 4.78 is 0. The normalized spacial score (nSPS) is 31.5. The van der Waals surface area contributed by atoms with Crippen LogP contribution in [0.1, 0.15) is 20.3 Å². The number of rotatable bonds is 2. The molecule has 2 unspecified atom stereocenters. The van der Waals surface area contributed by atoms with Gasteiger partial charge < -0.3 is 10.0 Å². The quantitative estimate of drug-likeness (QED) is 0.623. The molecule has 3 nitrogen and oxygen atoms in total. The number of hydrogen-bond donors (Lipinski definition) is 1. The van der Waals surface area contributed by atoms with Crippen molar-refractivity contribution in [1.29, 1.82) is 0 Å². The van der Waals surface area contributed by atoms with Gasteiger partial charge in [-0.2, -0.15) is 0 Å². The van der Waals surface area contributed by atoms with E-state index in [1.165, 1.54) is 0 Å². The van der Waals surface area contributed by atoms with Crippen LogP contribution < -0.4 is 0 Å². The molecule has 1 rings (SSSR count). The van der Waals surface area contributed by atoms with Gasteiger partial charge in [0.1, 0.15) is 0 Å². The maximum atomic E-state index is 11.2. The van der Waals surface area contributed by atoms with Crippen LogP contribution in [0.2, 0.25) is 0 Å². The van der Waals surface area contributed by atoms with Gasteiger partial charge in [-0.1, -0.05) is 6.92 Å². The van der Waals surface area contributed by atoms with Gasteiger partial charge in [0.05, 0.1) is 12.6 Å². The molecule has 0 bridgehead atoms. The molecule has 1 fully saturated rings. The lowest BCUT2D eigenvalue weighted by atomic mass is 10.0. The van der Waals surface area contributed by atoms with E-state index in [9.17, 15) is 4.79 Å². The smallest absolute Gasteiger partial charge is 0.223 e. The third-order valence-electron chi connectivity index (χ3n) is 2.40. The van der Waals surface area contributed by atoms with Gasteiger partial charge in [-0.15, -0.1) is 0 Å². The van der Waals surface area contributed by atoms with E-state index in [-0.39, 0.29) is 18.6 Å². The number of likely N-dealkylation sites (N-methyl/N-ethyl adjacent to an activating group) is 1. The second kappa shape index (κ2) is 3.22. The number of hydrogen-bond acceptors (Lipinski definition) is 2. The van der Waals surface area contributed by atoms with Crippen LogP contribution in [0.3, 0.4) is 0 Å². The second-order valence-electron chi connectivity index (χ2n) is 3.11. The van der Waals surface area contributed by atoms with Gasteiger partial charge in [-0.05, 0) is 12.8 Å². The van der Waals surface area contributed by atoms with Gasteiger partial charge in [-0.25, -0.2) is 0 Å². The Labute approximate surface area is 67.0 Å². The highest BCUT2D eigenvalue weighted by molar-refractivity contribution is 5.79. The molecule has 0 radical (unpaired) electrons. The molecule has 1 heterocycles. The van der Waals surface area contributed by atoms with E-state index < -0.39 is 0 Å². The fourth-order valence-corrected chi connectivity index (χ4v) is 1.71. The summed E-state index contributed by atoms with van der Waals surface area (Å²) in [5.74, 6) is 0.492. The van der Waals surface area contributed by atoms with Gasteiger partial charge >= 0.3 is 0 Å². The van der Waals surface area contributed by atoms with Crippen LogP contribution in [0.5, 0.6) is 0 Å². The topological polar surface area (TPSA) is 40.5 Å². The van der Waals surface area contributed by atoms with Crippen LogP contribution in [0.4, 0.5) is 0 Å². The van der Waals surface area contributed by atoms with Crippen molar-refractivity contribution in [2.24, 2.45) is 5.92 Å². The third kappa shape index (κ3) is 1.38. The maximum Gasteiger partial charge on any atom is 0.223 e. The maximum absolute atomic E-state index is 11.2. The Kier molecular flexibility index (Phi) is 2.49. The number of carbonyl (C=O) groups is 1. The molecule has 1 N–H and O–H groups in total. The molecule has 11 heavy (non-hydrogen) atoms. The minimum Gasteiger partial charge on any atom is -0.394 e. The van der Waals surface area contributed by atoms with E-state index in [1.807, 2.05) is 13.8 Å². The molecular weight excluding hydrogens is 142 g/mol. The summed E-state index contributed by atoms with van der Waals surface area (Å²) in [7, 11) is 0. The minimum atomic E-state index is 0.0625. The summed E-state index contributed by atoms with van der Waals surface area (Å²) >= 11 is 0. The van der Waals surface area contributed by atoms with Crippen molar-refractivity contribution in [2.75, 3.05) is 13.2 Å². The summed E-state index contributed by atoms with van der Waals surface area (Å²) in [5, 5.41) is 8.96. The van der Waals surface area contributed by atoms with Crippen LogP contribution >= 0.6 is 0 Å². The Morgan fingerprint density at radius 2 is 2.36 bits per heavy atom. The van der Waals surface area contributed by atoms with E-state index in [0.29, 0.717) is 18.9 Å². The average molecular weight is 157 g/mol. The summed E-state index contributed by atoms with van der Waals surface area (Å²) in [5.41, 5.74) is 0. The molecule has 0 aromatic heterocycles. The van der Waals surface area contributed by atoms with Gasteiger partial charge in [-0.3, -0.25) is 4.79 Å². The van der Waals surface area contributed by atoms with Crippen LogP contribution in [0.25, 0.3) is 0 Å². The lowest BCUT2D eigenvalue weighted by molar-refractivity contribution is -0.129. The third-order valence-corrected chi connectivity index (χ3v) is 2.40. The zero-order valence-electron chi connectivity index (χ0n) is 7.08. The fraction of sp³-hybridized carbons (Fsp3) is 0.875. The van der Waals surface area contributed by atoms with Crippen molar-refractivity contribution in [2.45, 2.75) is 26.3 Å². The number of aliphatic hydroxyl groups excluding tert-OH is 1. The monoisotopic (exact) mass is 157 g/mol. The summed E-state index contributed by atoms with van der Waals surface area (Å²) in [6.07, 6.45) is 0.596. The molecule has 1 saturated heterocycles. The Bertz CT molecular complexity index is 158. The summed E-state index contributed by atoms with van der Waals surface area (Å²) in [6, 6.07) is 0.0625. The molecule has 0 saturated carbocycles. The first-order chi connectivity index (χ1) is 5.20. The van der Waals surface area contributed by atoms with E-state index in [0.717, 1.165) is 0 Å². The minimum absolute atomic E-state index is 0.0625. The Hall–Kier alpha value is -0.570. The van der Waals surface area contributed by atoms with Gasteiger partial charge in [0.25, 0.3) is 0 Å². The molecule has 0 aromatic rings. The first-order valence-electron chi connectivity index (χ1n) is 4.11. The second-order valence-corrected chi connectivity index (χ2v) is 3.11. The molecule has 0 spiro atoms. The highest BCUT2D eigenvalue weighted by Gasteiger charge is 2.35. The molecule has 1 aliphatic heterocycles. The standard InChI is InChI=1S/C8H15NO2/c1-3-9-7(5-10)6(2)4-8(9)11/h6-7,10H,3-5H2,1-2H3. The van der Waals surface area contributed by atoms with E-state index in [4.69, 9.17) is 5.11 Å². The molecule has 0 aliphatic carbocycles. The van der Waals surface area contributed by atoms with Gasteiger partial charge in [0.2, 0.25) is 5.91 Å². The van der Waals surface area contributed by atoms with Crippen molar-refractivity contribution < 1.29 is 9.90 Å². The number of amides is 1. The lowest BCUT2D eigenvalue weighted by Gasteiger charge is -2.23. The number of likely N-dealkylation sites (tertiary alicyclic amines) is 1. The van der Waals surface area contributed by atoms with Crippen molar-refractivity contribution in [3.63, 3.8) is 0 Å². The van der Waals surface area contributed by atoms with Gasteiger partial charge in [0, 0.05) is 13.0 Å². The molecule has 3 heteroatoms. The predicted octanol–water partition coefficient (Wildman–Crippen LogP) is 0.236. The fourth-order valence-electron chi connectivity index (χ4n) is 1.71. The molecule has 1 aliphatic rings. The van der Waals surface area contributed by atoms with Crippen molar-refractivity contribution in [3.8, 4) is 0 Å². The summed E-state index contributed by atoms with van der Waals surface area (Å²) in [4.78, 5) is 13.0. The largest absolute Gasteiger partial charge is 0.394 e.